The summed E-state index contributed by atoms with van der Waals surface area (Å²) >= 11 is 0. The molecule has 0 unspecified atom stereocenters. The number of aromatic nitrogens is 1. The first-order valence-electron chi connectivity index (χ1n) is 8.26. The van der Waals surface area contributed by atoms with Gasteiger partial charge in [-0.05, 0) is 29.8 Å². The summed E-state index contributed by atoms with van der Waals surface area (Å²) in [6, 6.07) is 8.15. The minimum atomic E-state index is -4.43. The van der Waals surface area contributed by atoms with Crippen molar-refractivity contribution in [1.29, 1.82) is 0 Å². The maximum atomic E-state index is 12.7. The second-order valence-corrected chi connectivity index (χ2v) is 6.13. The van der Waals surface area contributed by atoms with Crippen molar-refractivity contribution >= 4 is 11.7 Å². The number of hydrogen-bond acceptors (Lipinski definition) is 3. The zero-order valence-electron chi connectivity index (χ0n) is 14.0. The van der Waals surface area contributed by atoms with Gasteiger partial charge in [-0.25, -0.2) is 4.79 Å². The average Bonchev–Trinajstić information content (AvgIpc) is 2.63. The van der Waals surface area contributed by atoms with Crippen LogP contribution in [0, 0.1) is 0 Å². The third-order valence-corrected chi connectivity index (χ3v) is 4.23. The van der Waals surface area contributed by atoms with Crippen molar-refractivity contribution in [3.63, 3.8) is 0 Å². The minimum Gasteiger partial charge on any atom is -0.322 e. The van der Waals surface area contributed by atoms with Gasteiger partial charge in [0.25, 0.3) is 0 Å². The third kappa shape index (κ3) is 4.72. The molecule has 5 nitrogen and oxygen atoms in total. The molecule has 1 aliphatic heterocycles. The summed E-state index contributed by atoms with van der Waals surface area (Å²) in [5.74, 6) is 0. The number of benzene rings is 1. The van der Waals surface area contributed by atoms with Crippen molar-refractivity contribution in [2.24, 2.45) is 0 Å². The average molecular weight is 364 g/mol. The van der Waals surface area contributed by atoms with E-state index in [1.165, 1.54) is 12.1 Å². The van der Waals surface area contributed by atoms with Gasteiger partial charge < -0.3 is 10.2 Å². The van der Waals surface area contributed by atoms with E-state index < -0.39 is 11.7 Å². The van der Waals surface area contributed by atoms with Crippen LogP contribution in [0.5, 0.6) is 0 Å². The van der Waals surface area contributed by atoms with Gasteiger partial charge in [-0.3, -0.25) is 9.88 Å². The molecule has 0 spiro atoms. The van der Waals surface area contributed by atoms with E-state index >= 15 is 0 Å². The fourth-order valence-corrected chi connectivity index (χ4v) is 2.83. The van der Waals surface area contributed by atoms with Crippen LogP contribution in [0.25, 0.3) is 0 Å². The molecule has 2 amide bonds. The monoisotopic (exact) mass is 364 g/mol. The number of rotatable bonds is 3. The zero-order chi connectivity index (χ0) is 18.6. The first-order valence-corrected chi connectivity index (χ1v) is 8.26. The highest BCUT2D eigenvalue weighted by atomic mass is 19.4. The van der Waals surface area contributed by atoms with Gasteiger partial charge in [0.05, 0.1) is 5.56 Å². The van der Waals surface area contributed by atoms with Crippen molar-refractivity contribution in [1.82, 2.24) is 14.8 Å². The Morgan fingerprint density at radius 2 is 1.88 bits per heavy atom. The standard InChI is InChI=1S/C18H19F3N4O/c19-18(20,21)15-4-1-5-16(11-15)23-17(26)25-9-7-24(8-10-25)13-14-3-2-6-22-12-14/h1-6,11-12H,7-10,13H2,(H,23,26). The Bertz CT molecular complexity index is 744. The first kappa shape index (κ1) is 18.2. The summed E-state index contributed by atoms with van der Waals surface area (Å²) in [5, 5.41) is 2.55. The van der Waals surface area contributed by atoms with Crippen LogP contribution in [0.2, 0.25) is 0 Å². The van der Waals surface area contributed by atoms with Crippen LogP contribution >= 0.6 is 0 Å². The predicted octanol–water partition coefficient (Wildman–Crippen LogP) is 3.45. The van der Waals surface area contributed by atoms with Crippen molar-refractivity contribution in [3.8, 4) is 0 Å². The lowest BCUT2D eigenvalue weighted by Crippen LogP contribution is -2.49. The van der Waals surface area contributed by atoms with Crippen LogP contribution < -0.4 is 5.32 Å². The minimum absolute atomic E-state index is 0.141. The summed E-state index contributed by atoms with van der Waals surface area (Å²) < 4.78 is 38.2. The highest BCUT2D eigenvalue weighted by Gasteiger charge is 2.30. The smallest absolute Gasteiger partial charge is 0.322 e. The van der Waals surface area contributed by atoms with Crippen LogP contribution in [0.1, 0.15) is 11.1 Å². The number of urea groups is 1. The van der Waals surface area contributed by atoms with Gasteiger partial charge in [-0.2, -0.15) is 13.2 Å². The number of alkyl halides is 3. The molecule has 1 N–H and O–H groups in total. The van der Waals surface area contributed by atoms with Crippen LogP contribution in [0.15, 0.2) is 48.8 Å². The van der Waals surface area contributed by atoms with Gasteiger partial charge in [0.2, 0.25) is 0 Å². The second kappa shape index (κ2) is 7.74. The molecule has 3 rings (SSSR count). The number of nitrogens with one attached hydrogen (secondary N) is 1. The number of nitrogens with zero attached hydrogens (tertiary/aromatic N) is 3. The second-order valence-electron chi connectivity index (χ2n) is 6.13. The third-order valence-electron chi connectivity index (χ3n) is 4.23. The van der Waals surface area contributed by atoms with E-state index in [0.717, 1.165) is 24.2 Å². The molecule has 0 atom stereocenters. The topological polar surface area (TPSA) is 48.5 Å². The molecule has 8 heteroatoms. The van der Waals surface area contributed by atoms with E-state index in [0.29, 0.717) is 26.2 Å². The molecular weight excluding hydrogens is 345 g/mol. The SMILES string of the molecule is O=C(Nc1cccc(C(F)(F)F)c1)N1CCN(Cc2cccnc2)CC1. The maximum absolute atomic E-state index is 12.7. The molecule has 0 radical (unpaired) electrons. The number of carbonyl (C=O) groups is 1. The summed E-state index contributed by atoms with van der Waals surface area (Å²) in [6.45, 7) is 3.20. The van der Waals surface area contributed by atoms with Gasteiger partial charge in [-0.1, -0.05) is 12.1 Å². The molecule has 1 aromatic heterocycles. The largest absolute Gasteiger partial charge is 0.416 e. The molecule has 2 heterocycles. The van der Waals surface area contributed by atoms with E-state index in [2.05, 4.69) is 15.2 Å². The normalized spacial score (nSPS) is 15.7. The first-order chi connectivity index (χ1) is 12.4. The highest BCUT2D eigenvalue weighted by molar-refractivity contribution is 5.89. The molecule has 0 aliphatic carbocycles. The van der Waals surface area contributed by atoms with E-state index in [-0.39, 0.29) is 11.7 Å². The fraction of sp³-hybridized carbons (Fsp3) is 0.333. The van der Waals surface area contributed by atoms with Crippen molar-refractivity contribution in [3.05, 3.63) is 59.9 Å². The van der Waals surface area contributed by atoms with Gasteiger partial charge in [0.1, 0.15) is 0 Å². The number of amides is 2. The van der Waals surface area contributed by atoms with Crippen LogP contribution in [-0.4, -0.2) is 47.0 Å². The van der Waals surface area contributed by atoms with E-state index in [9.17, 15) is 18.0 Å². The van der Waals surface area contributed by atoms with Gasteiger partial charge in [0.15, 0.2) is 0 Å². The van der Waals surface area contributed by atoms with Crippen molar-refractivity contribution in [2.45, 2.75) is 12.7 Å². The van der Waals surface area contributed by atoms with Gasteiger partial charge in [0, 0.05) is 50.8 Å². The molecule has 1 fully saturated rings. The maximum Gasteiger partial charge on any atom is 0.416 e. The lowest BCUT2D eigenvalue weighted by atomic mass is 10.2. The molecule has 1 saturated heterocycles. The van der Waals surface area contributed by atoms with Gasteiger partial charge in [-0.15, -0.1) is 0 Å². The molecular formula is C18H19F3N4O. The Balaban J connectivity index is 1.52. The molecule has 2 aromatic rings. The Labute approximate surface area is 149 Å². The molecule has 1 aliphatic rings. The number of pyridine rings is 1. The molecule has 0 saturated carbocycles. The Kier molecular flexibility index (Phi) is 5.41. The van der Waals surface area contributed by atoms with Crippen molar-refractivity contribution < 1.29 is 18.0 Å². The number of anilines is 1. The number of halogens is 3. The molecule has 26 heavy (non-hydrogen) atoms. The quantitative estimate of drug-likeness (QED) is 0.908. The predicted molar refractivity (Wildman–Crippen MR) is 91.5 cm³/mol. The van der Waals surface area contributed by atoms with E-state index in [4.69, 9.17) is 0 Å². The molecule has 1 aromatic carbocycles. The number of hydrogen-bond donors (Lipinski definition) is 1. The van der Waals surface area contributed by atoms with Gasteiger partial charge >= 0.3 is 12.2 Å². The Hall–Kier alpha value is -2.61. The summed E-state index contributed by atoms with van der Waals surface area (Å²) in [6.07, 6.45) is -0.898. The zero-order valence-corrected chi connectivity index (χ0v) is 14.0. The summed E-state index contributed by atoms with van der Waals surface area (Å²) in [4.78, 5) is 20.2. The van der Waals surface area contributed by atoms with Crippen molar-refractivity contribution in [2.75, 3.05) is 31.5 Å². The Morgan fingerprint density at radius 3 is 2.54 bits per heavy atom. The number of piperazine rings is 1. The van der Waals surface area contributed by atoms with E-state index in [1.807, 2.05) is 18.3 Å². The lowest BCUT2D eigenvalue weighted by molar-refractivity contribution is -0.137. The van der Waals surface area contributed by atoms with Crippen LogP contribution in [0.3, 0.4) is 0 Å². The summed E-state index contributed by atoms with van der Waals surface area (Å²) in [5.41, 5.74) is 0.466. The fourth-order valence-electron chi connectivity index (χ4n) is 2.83. The molecule has 0 bridgehead atoms. The van der Waals surface area contributed by atoms with Crippen LogP contribution in [0.4, 0.5) is 23.7 Å². The lowest BCUT2D eigenvalue weighted by Gasteiger charge is -2.34. The molecule has 138 valence electrons. The summed E-state index contributed by atoms with van der Waals surface area (Å²) in [7, 11) is 0. The van der Waals surface area contributed by atoms with E-state index in [1.54, 1.807) is 11.1 Å². The Morgan fingerprint density at radius 1 is 1.12 bits per heavy atom. The van der Waals surface area contributed by atoms with Crippen LogP contribution in [-0.2, 0) is 12.7 Å². The number of carbonyl (C=O) groups excluding carboxylic acids is 1. The highest BCUT2D eigenvalue weighted by Crippen LogP contribution is 2.30.